The van der Waals surface area contributed by atoms with Crippen LogP contribution in [0.5, 0.6) is 0 Å². The first kappa shape index (κ1) is 14.9. The van der Waals surface area contributed by atoms with Crippen LogP contribution in [0.15, 0.2) is 5.38 Å². The number of aliphatic hydroxyl groups is 1. The molecule has 102 valence electrons. The summed E-state index contributed by atoms with van der Waals surface area (Å²) in [6, 6.07) is -0.164. The molecule has 0 unspecified atom stereocenters. The molecule has 0 fully saturated rings. The van der Waals surface area contributed by atoms with Gasteiger partial charge in [-0.05, 0) is 0 Å². The van der Waals surface area contributed by atoms with Gasteiger partial charge in [-0.25, -0.2) is 9.78 Å². The maximum atomic E-state index is 11.5. The molecule has 6 heteroatoms. The van der Waals surface area contributed by atoms with Crippen LogP contribution in [0.25, 0.3) is 0 Å². The third-order valence-corrected chi connectivity index (χ3v) is 3.70. The summed E-state index contributed by atoms with van der Waals surface area (Å²) in [5.41, 5.74) is 1.02. The standard InChI is InChI=1S/C12H21N3O2S/c1-9(2)11-14-10(8-18-11)4-5-13-12(17)15(3)6-7-16/h8-9,16H,4-7H2,1-3H3,(H,13,17). The Morgan fingerprint density at radius 1 is 1.61 bits per heavy atom. The highest BCUT2D eigenvalue weighted by atomic mass is 32.1. The molecule has 0 spiro atoms. The minimum atomic E-state index is -0.164. The fraction of sp³-hybridized carbons (Fsp3) is 0.667. The zero-order chi connectivity index (χ0) is 13.5. The number of carbonyl (C=O) groups excluding carboxylic acids is 1. The highest BCUT2D eigenvalue weighted by molar-refractivity contribution is 7.09. The Labute approximate surface area is 112 Å². The van der Waals surface area contributed by atoms with Gasteiger partial charge in [0.1, 0.15) is 0 Å². The third-order valence-electron chi connectivity index (χ3n) is 2.50. The zero-order valence-corrected chi connectivity index (χ0v) is 12.0. The molecule has 1 heterocycles. The van der Waals surface area contributed by atoms with Crippen molar-refractivity contribution in [2.24, 2.45) is 0 Å². The summed E-state index contributed by atoms with van der Waals surface area (Å²) in [4.78, 5) is 17.5. The van der Waals surface area contributed by atoms with E-state index in [4.69, 9.17) is 5.11 Å². The summed E-state index contributed by atoms with van der Waals surface area (Å²) in [5.74, 6) is 0.453. The number of aliphatic hydroxyl groups excluding tert-OH is 1. The predicted octanol–water partition coefficient (Wildman–Crippen LogP) is 1.44. The van der Waals surface area contributed by atoms with E-state index in [1.165, 1.54) is 4.90 Å². The van der Waals surface area contributed by atoms with Crippen LogP contribution in [-0.4, -0.2) is 47.8 Å². The number of aromatic nitrogens is 1. The van der Waals surface area contributed by atoms with E-state index >= 15 is 0 Å². The molecule has 1 aromatic heterocycles. The molecule has 5 nitrogen and oxygen atoms in total. The molecule has 0 aliphatic rings. The predicted molar refractivity (Wildman–Crippen MR) is 73.0 cm³/mol. The van der Waals surface area contributed by atoms with Gasteiger partial charge < -0.3 is 15.3 Å². The lowest BCUT2D eigenvalue weighted by molar-refractivity contribution is 0.190. The Morgan fingerprint density at radius 2 is 2.33 bits per heavy atom. The molecule has 2 N–H and O–H groups in total. The molecule has 0 aliphatic carbocycles. The average Bonchev–Trinajstić information content (AvgIpc) is 2.78. The van der Waals surface area contributed by atoms with Crippen LogP contribution in [0.1, 0.15) is 30.5 Å². The SMILES string of the molecule is CC(C)c1nc(CCNC(=O)N(C)CCO)cs1. The van der Waals surface area contributed by atoms with Crippen LogP contribution in [0.2, 0.25) is 0 Å². The molecule has 0 bridgehead atoms. The molecule has 0 saturated heterocycles. The summed E-state index contributed by atoms with van der Waals surface area (Å²) in [6.45, 7) is 5.13. The van der Waals surface area contributed by atoms with Crippen molar-refractivity contribution >= 4 is 17.4 Å². The largest absolute Gasteiger partial charge is 0.395 e. The fourth-order valence-corrected chi connectivity index (χ4v) is 2.26. The van der Waals surface area contributed by atoms with Crippen molar-refractivity contribution in [3.05, 3.63) is 16.1 Å². The Balaban J connectivity index is 2.30. The van der Waals surface area contributed by atoms with Gasteiger partial charge in [-0.15, -0.1) is 11.3 Å². The molecule has 1 aromatic rings. The van der Waals surface area contributed by atoms with Gasteiger partial charge in [0.2, 0.25) is 0 Å². The van der Waals surface area contributed by atoms with E-state index in [0.717, 1.165) is 17.1 Å². The van der Waals surface area contributed by atoms with Crippen molar-refractivity contribution in [3.8, 4) is 0 Å². The van der Waals surface area contributed by atoms with Crippen molar-refractivity contribution in [2.45, 2.75) is 26.2 Å². The van der Waals surface area contributed by atoms with Crippen LogP contribution in [-0.2, 0) is 6.42 Å². The number of nitrogens with zero attached hydrogens (tertiary/aromatic N) is 2. The summed E-state index contributed by atoms with van der Waals surface area (Å²) in [5, 5.41) is 14.7. The second-order valence-corrected chi connectivity index (χ2v) is 5.35. The lowest BCUT2D eigenvalue weighted by atomic mass is 10.2. The Morgan fingerprint density at radius 3 is 2.89 bits per heavy atom. The van der Waals surface area contributed by atoms with Crippen LogP contribution in [0, 0.1) is 0 Å². The average molecular weight is 271 g/mol. The fourth-order valence-electron chi connectivity index (χ4n) is 1.39. The quantitative estimate of drug-likeness (QED) is 0.823. The van der Waals surface area contributed by atoms with Crippen LogP contribution >= 0.6 is 11.3 Å². The maximum Gasteiger partial charge on any atom is 0.317 e. The molecular formula is C12H21N3O2S. The molecule has 0 radical (unpaired) electrons. The van der Waals surface area contributed by atoms with Gasteiger partial charge in [0.15, 0.2) is 0 Å². The van der Waals surface area contributed by atoms with Crippen LogP contribution in [0.3, 0.4) is 0 Å². The highest BCUT2D eigenvalue weighted by Crippen LogP contribution is 2.19. The van der Waals surface area contributed by atoms with Crippen LogP contribution < -0.4 is 5.32 Å². The van der Waals surface area contributed by atoms with Gasteiger partial charge in [0.05, 0.1) is 17.3 Å². The number of thiazole rings is 1. The van der Waals surface area contributed by atoms with Gasteiger partial charge in [0, 0.05) is 37.9 Å². The van der Waals surface area contributed by atoms with Crippen molar-refractivity contribution in [2.75, 3.05) is 26.7 Å². The second kappa shape index (κ2) is 7.33. The monoisotopic (exact) mass is 271 g/mol. The molecule has 0 aliphatic heterocycles. The number of amides is 2. The Hall–Kier alpha value is -1.14. The van der Waals surface area contributed by atoms with E-state index in [1.807, 2.05) is 5.38 Å². The lowest BCUT2D eigenvalue weighted by Crippen LogP contribution is -2.39. The van der Waals surface area contributed by atoms with Gasteiger partial charge in [-0.3, -0.25) is 0 Å². The summed E-state index contributed by atoms with van der Waals surface area (Å²) < 4.78 is 0. The van der Waals surface area contributed by atoms with Crippen LogP contribution in [0.4, 0.5) is 4.79 Å². The number of nitrogens with one attached hydrogen (secondary N) is 1. The molecule has 1 rings (SSSR count). The maximum absolute atomic E-state index is 11.5. The Kier molecular flexibility index (Phi) is 6.07. The molecule has 0 saturated carbocycles. The van der Waals surface area contributed by atoms with E-state index in [-0.39, 0.29) is 12.6 Å². The number of urea groups is 1. The number of carbonyl (C=O) groups is 1. The molecule has 2 amide bonds. The number of rotatable bonds is 6. The van der Waals surface area contributed by atoms with Gasteiger partial charge in [0.25, 0.3) is 0 Å². The molecule has 18 heavy (non-hydrogen) atoms. The van der Waals surface area contributed by atoms with Crippen molar-refractivity contribution in [1.82, 2.24) is 15.2 Å². The summed E-state index contributed by atoms with van der Waals surface area (Å²) in [6.07, 6.45) is 0.738. The van der Waals surface area contributed by atoms with Gasteiger partial charge in [-0.2, -0.15) is 0 Å². The normalized spacial score (nSPS) is 10.7. The first-order valence-electron chi connectivity index (χ1n) is 6.08. The van der Waals surface area contributed by atoms with E-state index in [1.54, 1.807) is 18.4 Å². The van der Waals surface area contributed by atoms with E-state index < -0.39 is 0 Å². The zero-order valence-electron chi connectivity index (χ0n) is 11.1. The first-order valence-corrected chi connectivity index (χ1v) is 6.96. The lowest BCUT2D eigenvalue weighted by Gasteiger charge is -2.16. The Bertz CT molecular complexity index is 379. The first-order chi connectivity index (χ1) is 8.54. The number of likely N-dealkylation sites (N-methyl/N-ethyl adjacent to an activating group) is 1. The third kappa shape index (κ3) is 4.62. The molecular weight excluding hydrogens is 250 g/mol. The number of hydrogen-bond donors (Lipinski definition) is 2. The van der Waals surface area contributed by atoms with E-state index in [0.29, 0.717) is 19.0 Å². The van der Waals surface area contributed by atoms with E-state index in [2.05, 4.69) is 24.1 Å². The van der Waals surface area contributed by atoms with Crippen molar-refractivity contribution in [3.63, 3.8) is 0 Å². The van der Waals surface area contributed by atoms with Crippen molar-refractivity contribution < 1.29 is 9.90 Å². The smallest absolute Gasteiger partial charge is 0.317 e. The van der Waals surface area contributed by atoms with E-state index in [9.17, 15) is 4.79 Å². The molecule has 0 atom stereocenters. The summed E-state index contributed by atoms with van der Waals surface area (Å²) >= 11 is 1.66. The van der Waals surface area contributed by atoms with Crippen molar-refractivity contribution in [1.29, 1.82) is 0 Å². The molecule has 0 aromatic carbocycles. The minimum absolute atomic E-state index is 0.0201. The topological polar surface area (TPSA) is 65.5 Å². The van der Waals surface area contributed by atoms with Gasteiger partial charge >= 0.3 is 6.03 Å². The summed E-state index contributed by atoms with van der Waals surface area (Å²) in [7, 11) is 1.66. The minimum Gasteiger partial charge on any atom is -0.395 e. The second-order valence-electron chi connectivity index (χ2n) is 4.46. The number of hydrogen-bond acceptors (Lipinski definition) is 4. The highest BCUT2D eigenvalue weighted by Gasteiger charge is 2.08. The van der Waals surface area contributed by atoms with Gasteiger partial charge in [-0.1, -0.05) is 13.8 Å².